The Hall–Kier alpha value is -2.63. The number of benzene rings is 1. The Balaban J connectivity index is 2.08. The second-order valence-corrected chi connectivity index (χ2v) is 6.02. The predicted molar refractivity (Wildman–Crippen MR) is 81.7 cm³/mol. The van der Waals surface area contributed by atoms with Crippen LogP contribution in [0.25, 0.3) is 0 Å². The maximum absolute atomic E-state index is 12.0. The number of para-hydroxylation sites is 1. The van der Waals surface area contributed by atoms with Crippen LogP contribution in [0.3, 0.4) is 0 Å². The number of nitrogens with one attached hydrogen (secondary N) is 1. The number of hydrogen-bond donors (Lipinski definition) is 3. The zero-order chi connectivity index (χ0) is 16.3. The summed E-state index contributed by atoms with van der Waals surface area (Å²) in [6.45, 7) is 3.80. The molecular formula is C16H18N2O4. The summed E-state index contributed by atoms with van der Waals surface area (Å²) in [6.07, 6.45) is 1.84. The fourth-order valence-corrected chi connectivity index (χ4v) is 2.33. The molecule has 0 bridgehead atoms. The number of aliphatic hydroxyl groups excluding tert-OH is 1. The Labute approximate surface area is 128 Å². The summed E-state index contributed by atoms with van der Waals surface area (Å²) in [4.78, 5) is 23.8. The monoisotopic (exact) mass is 302 g/mol. The van der Waals surface area contributed by atoms with E-state index in [1.54, 1.807) is 12.1 Å². The van der Waals surface area contributed by atoms with Gasteiger partial charge in [-0.05, 0) is 17.5 Å². The van der Waals surface area contributed by atoms with Gasteiger partial charge in [-0.3, -0.25) is 9.59 Å². The zero-order valence-electron chi connectivity index (χ0n) is 12.5. The number of carbonyl (C=O) groups excluding carboxylic acids is 2. The van der Waals surface area contributed by atoms with E-state index in [-0.39, 0.29) is 33.8 Å². The Bertz CT molecular complexity index is 674. The van der Waals surface area contributed by atoms with Crippen LogP contribution >= 0.6 is 0 Å². The van der Waals surface area contributed by atoms with E-state index in [4.69, 9.17) is 0 Å². The van der Waals surface area contributed by atoms with Crippen LogP contribution in [0, 0.1) is 5.41 Å². The number of nitrogens with zero attached hydrogens (tertiary/aromatic N) is 1. The van der Waals surface area contributed by atoms with Crippen molar-refractivity contribution in [3.8, 4) is 5.75 Å². The number of allylic oxidation sites excluding steroid dienone is 2. The SMILES string of the molecule is CC1(C)CC(=O)C(/C=N/NC(=O)c2ccccc2O)=C(O)C1. The van der Waals surface area contributed by atoms with Crippen molar-refractivity contribution in [2.45, 2.75) is 26.7 Å². The van der Waals surface area contributed by atoms with Gasteiger partial charge in [0.15, 0.2) is 5.78 Å². The number of phenols is 1. The molecule has 116 valence electrons. The third-order valence-corrected chi connectivity index (χ3v) is 3.40. The molecule has 3 N–H and O–H groups in total. The molecule has 0 spiro atoms. The lowest BCUT2D eigenvalue weighted by molar-refractivity contribution is -0.117. The van der Waals surface area contributed by atoms with Crippen molar-refractivity contribution >= 4 is 17.9 Å². The number of aliphatic hydroxyl groups is 1. The average molecular weight is 302 g/mol. The molecule has 6 heteroatoms. The lowest BCUT2D eigenvalue weighted by Crippen LogP contribution is -2.27. The van der Waals surface area contributed by atoms with Crippen LogP contribution in [0.5, 0.6) is 5.75 Å². The topological polar surface area (TPSA) is 99.0 Å². The van der Waals surface area contributed by atoms with E-state index in [0.29, 0.717) is 12.8 Å². The highest BCUT2D eigenvalue weighted by Gasteiger charge is 2.32. The molecular weight excluding hydrogens is 284 g/mol. The van der Waals surface area contributed by atoms with Crippen LogP contribution in [0.15, 0.2) is 40.7 Å². The minimum atomic E-state index is -0.599. The average Bonchev–Trinajstić information content (AvgIpc) is 2.41. The highest BCUT2D eigenvalue weighted by atomic mass is 16.3. The molecule has 0 saturated heterocycles. The Kier molecular flexibility index (Phi) is 4.30. The largest absolute Gasteiger partial charge is 0.511 e. The molecule has 0 atom stereocenters. The second kappa shape index (κ2) is 6.01. The van der Waals surface area contributed by atoms with Crippen molar-refractivity contribution in [2.24, 2.45) is 10.5 Å². The van der Waals surface area contributed by atoms with E-state index in [2.05, 4.69) is 10.5 Å². The first-order valence-corrected chi connectivity index (χ1v) is 6.87. The van der Waals surface area contributed by atoms with Crippen LogP contribution in [-0.2, 0) is 4.79 Å². The van der Waals surface area contributed by atoms with Crippen LogP contribution in [0.1, 0.15) is 37.0 Å². The number of carbonyl (C=O) groups is 2. The highest BCUT2D eigenvalue weighted by molar-refractivity contribution is 6.14. The fourth-order valence-electron chi connectivity index (χ4n) is 2.33. The van der Waals surface area contributed by atoms with Crippen molar-refractivity contribution in [3.05, 3.63) is 41.2 Å². The first-order chi connectivity index (χ1) is 10.3. The summed E-state index contributed by atoms with van der Waals surface area (Å²) in [7, 11) is 0. The molecule has 22 heavy (non-hydrogen) atoms. The molecule has 1 aromatic rings. The number of ketones is 1. The molecule has 0 heterocycles. The fraction of sp³-hybridized carbons (Fsp3) is 0.312. The third kappa shape index (κ3) is 3.52. The molecule has 0 aromatic heterocycles. The van der Waals surface area contributed by atoms with E-state index in [9.17, 15) is 19.8 Å². The summed E-state index contributed by atoms with van der Waals surface area (Å²) in [5.41, 5.74) is 2.13. The molecule has 1 aliphatic rings. The lowest BCUT2D eigenvalue weighted by atomic mass is 9.77. The Morgan fingerprint density at radius 2 is 1.95 bits per heavy atom. The van der Waals surface area contributed by atoms with E-state index in [0.717, 1.165) is 6.21 Å². The van der Waals surface area contributed by atoms with Gasteiger partial charge in [0, 0.05) is 12.8 Å². The first-order valence-electron chi connectivity index (χ1n) is 6.87. The van der Waals surface area contributed by atoms with Crippen molar-refractivity contribution < 1.29 is 19.8 Å². The smallest absolute Gasteiger partial charge is 0.275 e. The highest BCUT2D eigenvalue weighted by Crippen LogP contribution is 2.35. The maximum atomic E-state index is 12.0. The normalized spacial score (nSPS) is 17.8. The van der Waals surface area contributed by atoms with Gasteiger partial charge in [0.2, 0.25) is 0 Å². The Morgan fingerprint density at radius 3 is 2.59 bits per heavy atom. The Morgan fingerprint density at radius 1 is 1.27 bits per heavy atom. The van der Waals surface area contributed by atoms with Crippen molar-refractivity contribution in [1.29, 1.82) is 0 Å². The number of hydrazone groups is 1. The molecule has 6 nitrogen and oxygen atoms in total. The van der Waals surface area contributed by atoms with Crippen molar-refractivity contribution in [2.75, 3.05) is 0 Å². The van der Waals surface area contributed by atoms with Crippen LogP contribution < -0.4 is 5.43 Å². The van der Waals surface area contributed by atoms with Crippen molar-refractivity contribution in [3.63, 3.8) is 0 Å². The van der Waals surface area contributed by atoms with Gasteiger partial charge in [-0.1, -0.05) is 26.0 Å². The van der Waals surface area contributed by atoms with Crippen molar-refractivity contribution in [1.82, 2.24) is 5.43 Å². The third-order valence-electron chi connectivity index (χ3n) is 3.40. The van der Waals surface area contributed by atoms with Gasteiger partial charge < -0.3 is 10.2 Å². The van der Waals surface area contributed by atoms with Gasteiger partial charge >= 0.3 is 0 Å². The molecule has 1 amide bonds. The number of aromatic hydroxyl groups is 1. The summed E-state index contributed by atoms with van der Waals surface area (Å²) < 4.78 is 0. The molecule has 1 aromatic carbocycles. The number of Topliss-reactive ketones (excluding diaryl/α,β-unsaturated/α-hetero) is 1. The number of phenolic OH excluding ortho intramolecular Hbond substituents is 1. The molecule has 0 saturated carbocycles. The number of hydrogen-bond acceptors (Lipinski definition) is 5. The molecule has 0 radical (unpaired) electrons. The van der Waals surface area contributed by atoms with Crippen LogP contribution in [0.2, 0.25) is 0 Å². The minimum Gasteiger partial charge on any atom is -0.511 e. The standard InChI is InChI=1S/C16H18N2O4/c1-16(2)7-13(20)11(14(21)8-16)9-17-18-15(22)10-5-3-4-6-12(10)19/h3-6,9,19-20H,7-8H2,1-2H3,(H,18,22)/b17-9+. The molecule has 2 rings (SSSR count). The van der Waals surface area contributed by atoms with Gasteiger partial charge in [-0.15, -0.1) is 0 Å². The summed E-state index contributed by atoms with van der Waals surface area (Å²) in [6, 6.07) is 6.05. The van der Waals surface area contributed by atoms with Crippen LogP contribution in [0.4, 0.5) is 0 Å². The predicted octanol–water partition coefficient (Wildman–Crippen LogP) is 2.31. The summed E-state index contributed by atoms with van der Waals surface area (Å²) in [5, 5.41) is 23.2. The van der Waals surface area contributed by atoms with Gasteiger partial charge in [-0.2, -0.15) is 5.10 Å². The number of rotatable bonds is 3. The molecule has 1 aliphatic carbocycles. The van der Waals surface area contributed by atoms with E-state index >= 15 is 0 Å². The minimum absolute atomic E-state index is 0.0261. The summed E-state index contributed by atoms with van der Waals surface area (Å²) in [5.74, 6) is -0.998. The number of amides is 1. The quantitative estimate of drug-likeness (QED) is 0.589. The van der Waals surface area contributed by atoms with Gasteiger partial charge in [0.25, 0.3) is 5.91 Å². The van der Waals surface area contributed by atoms with Crippen LogP contribution in [-0.4, -0.2) is 28.1 Å². The first kappa shape index (κ1) is 15.8. The summed E-state index contributed by atoms with van der Waals surface area (Å²) >= 11 is 0. The molecule has 0 unspecified atom stereocenters. The lowest BCUT2D eigenvalue weighted by Gasteiger charge is -2.28. The second-order valence-electron chi connectivity index (χ2n) is 6.02. The molecule has 0 fully saturated rings. The zero-order valence-corrected chi connectivity index (χ0v) is 12.5. The van der Waals surface area contributed by atoms with Gasteiger partial charge in [0.05, 0.1) is 17.4 Å². The molecule has 0 aliphatic heterocycles. The van der Waals surface area contributed by atoms with E-state index in [1.165, 1.54) is 12.1 Å². The van der Waals surface area contributed by atoms with Gasteiger partial charge in [-0.25, -0.2) is 5.43 Å². The maximum Gasteiger partial charge on any atom is 0.275 e. The van der Waals surface area contributed by atoms with E-state index < -0.39 is 5.91 Å². The van der Waals surface area contributed by atoms with Gasteiger partial charge in [0.1, 0.15) is 11.5 Å². The van der Waals surface area contributed by atoms with E-state index in [1.807, 2.05) is 13.8 Å².